The molecule has 0 amide bonds. The Labute approximate surface area is 101 Å². The molecule has 2 heterocycles. The minimum atomic E-state index is -0.627. The second-order valence-corrected chi connectivity index (χ2v) is 6.63. The van der Waals surface area contributed by atoms with E-state index in [1.54, 1.807) is 6.26 Å². The van der Waals surface area contributed by atoms with Gasteiger partial charge < -0.3 is 5.32 Å². The smallest absolute Gasteiger partial charge is 0.0249 e. The second-order valence-electron chi connectivity index (χ2n) is 5.08. The van der Waals surface area contributed by atoms with Crippen molar-refractivity contribution in [3.05, 3.63) is 0 Å². The first-order valence-electron chi connectivity index (χ1n) is 6.55. The lowest BCUT2D eigenvalue weighted by Gasteiger charge is -2.32. The Balaban J connectivity index is 1.67. The van der Waals surface area contributed by atoms with Crippen LogP contribution in [0.1, 0.15) is 32.1 Å². The first-order valence-corrected chi connectivity index (χ1v) is 8.27. The van der Waals surface area contributed by atoms with Gasteiger partial charge in [-0.15, -0.1) is 0 Å². The van der Waals surface area contributed by atoms with Crippen molar-refractivity contribution >= 4 is 10.8 Å². The molecule has 3 atom stereocenters. The Morgan fingerprint density at radius 2 is 2.19 bits per heavy atom. The van der Waals surface area contributed by atoms with Crippen LogP contribution < -0.4 is 5.32 Å². The number of nitrogens with zero attached hydrogens (tertiary/aromatic N) is 1. The summed E-state index contributed by atoms with van der Waals surface area (Å²) in [5, 5.41) is 3.66. The summed E-state index contributed by atoms with van der Waals surface area (Å²) in [4.78, 5) is 2.65. The average Bonchev–Trinajstić information content (AvgIpc) is 2.68. The predicted octanol–water partition coefficient (Wildman–Crippen LogP) is 0.971. The summed E-state index contributed by atoms with van der Waals surface area (Å²) in [6, 6.07) is 1.49. The van der Waals surface area contributed by atoms with Gasteiger partial charge in [0, 0.05) is 41.4 Å². The van der Waals surface area contributed by atoms with E-state index in [2.05, 4.69) is 10.2 Å². The van der Waals surface area contributed by atoms with Crippen molar-refractivity contribution in [3.8, 4) is 0 Å². The number of rotatable bonds is 5. The Bertz CT molecular complexity index is 247. The first kappa shape index (κ1) is 12.5. The molecule has 2 aliphatic heterocycles. The van der Waals surface area contributed by atoms with Gasteiger partial charge in [0.15, 0.2) is 0 Å². The molecule has 0 aromatic carbocycles. The molecule has 2 rings (SSSR count). The lowest BCUT2D eigenvalue weighted by atomic mass is 9.99. The van der Waals surface area contributed by atoms with Gasteiger partial charge in [0.25, 0.3) is 0 Å². The van der Waals surface area contributed by atoms with Crippen LogP contribution in [0.2, 0.25) is 0 Å². The Hall–Kier alpha value is 0.0700. The molecule has 0 bridgehead atoms. The molecule has 0 radical (unpaired) electrons. The Morgan fingerprint density at radius 3 is 3.00 bits per heavy atom. The quantitative estimate of drug-likeness (QED) is 0.732. The normalized spacial score (nSPS) is 32.6. The summed E-state index contributed by atoms with van der Waals surface area (Å²) in [5.41, 5.74) is 0. The minimum absolute atomic E-state index is 0.627. The van der Waals surface area contributed by atoms with Crippen LogP contribution >= 0.6 is 0 Å². The number of nitrogens with one attached hydrogen (secondary N) is 1. The highest BCUT2D eigenvalue weighted by Crippen LogP contribution is 2.26. The fourth-order valence-electron chi connectivity index (χ4n) is 3.05. The highest BCUT2D eigenvalue weighted by atomic mass is 32.2. The maximum Gasteiger partial charge on any atom is 0.0249 e. The molecule has 16 heavy (non-hydrogen) atoms. The van der Waals surface area contributed by atoms with E-state index in [0.717, 1.165) is 24.8 Å². The van der Waals surface area contributed by atoms with E-state index in [0.29, 0.717) is 6.04 Å². The largest absolute Gasteiger partial charge is 0.312 e. The van der Waals surface area contributed by atoms with Gasteiger partial charge in [-0.1, -0.05) is 6.42 Å². The minimum Gasteiger partial charge on any atom is -0.312 e. The van der Waals surface area contributed by atoms with Gasteiger partial charge in [0.2, 0.25) is 0 Å². The summed E-state index contributed by atoms with van der Waals surface area (Å²) in [5.74, 6) is 0.841. The SMILES string of the molecule is CS(=O)CCCNC1CCN2CCCCC12. The van der Waals surface area contributed by atoms with E-state index >= 15 is 0 Å². The van der Waals surface area contributed by atoms with Gasteiger partial charge in [0.1, 0.15) is 0 Å². The Kier molecular flexibility index (Phi) is 4.79. The fourth-order valence-corrected chi connectivity index (χ4v) is 3.60. The van der Waals surface area contributed by atoms with E-state index in [9.17, 15) is 4.21 Å². The molecule has 0 aliphatic carbocycles. The van der Waals surface area contributed by atoms with E-state index in [-0.39, 0.29) is 0 Å². The predicted molar refractivity (Wildman–Crippen MR) is 69.2 cm³/mol. The van der Waals surface area contributed by atoms with Gasteiger partial charge in [-0.3, -0.25) is 9.11 Å². The molecule has 1 N–H and O–H groups in total. The third kappa shape index (κ3) is 3.28. The molecule has 2 aliphatic rings. The van der Waals surface area contributed by atoms with Gasteiger partial charge in [0.05, 0.1) is 0 Å². The zero-order valence-electron chi connectivity index (χ0n) is 10.3. The van der Waals surface area contributed by atoms with Crippen LogP contribution in [0.15, 0.2) is 0 Å². The van der Waals surface area contributed by atoms with Gasteiger partial charge in [-0.05, 0) is 38.8 Å². The highest BCUT2D eigenvalue weighted by molar-refractivity contribution is 7.84. The third-order valence-corrected chi connectivity index (χ3v) is 4.73. The maximum atomic E-state index is 10.9. The first-order chi connectivity index (χ1) is 7.77. The van der Waals surface area contributed by atoms with Crippen molar-refractivity contribution in [2.45, 2.75) is 44.2 Å². The molecule has 3 unspecified atom stereocenters. The van der Waals surface area contributed by atoms with E-state index in [1.807, 2.05) is 0 Å². The van der Waals surface area contributed by atoms with Crippen LogP contribution in [0, 0.1) is 0 Å². The third-order valence-electron chi connectivity index (χ3n) is 3.87. The summed E-state index contributed by atoms with van der Waals surface area (Å²) in [6.07, 6.45) is 8.30. The summed E-state index contributed by atoms with van der Waals surface area (Å²) in [6.45, 7) is 3.62. The molecule has 94 valence electrons. The zero-order chi connectivity index (χ0) is 11.4. The van der Waals surface area contributed by atoms with Crippen molar-refractivity contribution in [2.24, 2.45) is 0 Å². The van der Waals surface area contributed by atoms with Crippen molar-refractivity contribution in [2.75, 3.05) is 31.6 Å². The second kappa shape index (κ2) is 6.12. The Morgan fingerprint density at radius 1 is 1.31 bits per heavy atom. The topological polar surface area (TPSA) is 32.3 Å². The van der Waals surface area contributed by atoms with Crippen LogP contribution in [0.25, 0.3) is 0 Å². The number of fused-ring (bicyclic) bond motifs is 1. The lowest BCUT2D eigenvalue weighted by Crippen LogP contribution is -2.45. The molecule has 0 aromatic rings. The summed E-state index contributed by atoms with van der Waals surface area (Å²) >= 11 is 0. The maximum absolute atomic E-state index is 10.9. The zero-order valence-corrected chi connectivity index (χ0v) is 11.1. The molecule has 2 fully saturated rings. The highest BCUT2D eigenvalue weighted by Gasteiger charge is 2.34. The van der Waals surface area contributed by atoms with Crippen molar-refractivity contribution < 1.29 is 4.21 Å². The monoisotopic (exact) mass is 244 g/mol. The van der Waals surface area contributed by atoms with E-state index in [4.69, 9.17) is 0 Å². The molecule has 0 aromatic heterocycles. The fraction of sp³-hybridized carbons (Fsp3) is 1.00. The molecular formula is C12H24N2OS. The van der Waals surface area contributed by atoms with Crippen LogP contribution in [0.4, 0.5) is 0 Å². The molecular weight excluding hydrogens is 220 g/mol. The van der Waals surface area contributed by atoms with Crippen molar-refractivity contribution in [1.29, 1.82) is 0 Å². The molecule has 4 heteroatoms. The summed E-state index contributed by atoms with van der Waals surface area (Å²) in [7, 11) is -0.627. The van der Waals surface area contributed by atoms with E-state index in [1.165, 1.54) is 38.8 Å². The average molecular weight is 244 g/mol. The molecule has 3 nitrogen and oxygen atoms in total. The van der Waals surface area contributed by atoms with Crippen LogP contribution in [0.3, 0.4) is 0 Å². The van der Waals surface area contributed by atoms with Crippen LogP contribution in [-0.4, -0.2) is 52.8 Å². The number of hydrogen-bond acceptors (Lipinski definition) is 3. The van der Waals surface area contributed by atoms with Crippen molar-refractivity contribution in [1.82, 2.24) is 10.2 Å². The standard InChI is InChI=1S/C12H24N2OS/c1-16(15)10-4-7-13-11-6-9-14-8-3-2-5-12(11)14/h11-13H,2-10H2,1H3. The van der Waals surface area contributed by atoms with Crippen LogP contribution in [0.5, 0.6) is 0 Å². The number of hydrogen-bond donors (Lipinski definition) is 1. The number of piperidine rings is 1. The van der Waals surface area contributed by atoms with Crippen LogP contribution in [-0.2, 0) is 10.8 Å². The molecule has 0 spiro atoms. The van der Waals surface area contributed by atoms with Gasteiger partial charge in [-0.2, -0.15) is 0 Å². The van der Waals surface area contributed by atoms with Gasteiger partial charge in [-0.25, -0.2) is 0 Å². The molecule has 0 saturated carbocycles. The van der Waals surface area contributed by atoms with Crippen molar-refractivity contribution in [3.63, 3.8) is 0 Å². The summed E-state index contributed by atoms with van der Waals surface area (Å²) < 4.78 is 10.9. The molecule has 2 saturated heterocycles. The lowest BCUT2D eigenvalue weighted by molar-refractivity contribution is 0.181. The van der Waals surface area contributed by atoms with Gasteiger partial charge >= 0.3 is 0 Å². The van der Waals surface area contributed by atoms with E-state index < -0.39 is 10.8 Å².